The average Bonchev–Trinajstić information content (AvgIpc) is 2.42. The van der Waals surface area contributed by atoms with Gasteiger partial charge in [0, 0.05) is 10.0 Å². The summed E-state index contributed by atoms with van der Waals surface area (Å²) in [4.78, 5) is 11.5. The van der Waals surface area contributed by atoms with Crippen molar-refractivity contribution >= 4 is 40.8 Å². The normalized spacial score (nSPS) is 12.1. The summed E-state index contributed by atoms with van der Waals surface area (Å²) in [5, 5.41) is 19.8. The van der Waals surface area contributed by atoms with Crippen molar-refractivity contribution in [3.8, 4) is 5.75 Å². The van der Waals surface area contributed by atoms with Gasteiger partial charge in [0.1, 0.15) is 5.75 Å². The van der Waals surface area contributed by atoms with Crippen LogP contribution < -0.4 is 0 Å². The predicted molar refractivity (Wildman–Crippen MR) is 83.7 cm³/mol. The zero-order chi connectivity index (χ0) is 15.6. The molecule has 0 saturated carbocycles. The second-order valence-electron chi connectivity index (χ2n) is 4.55. The molecule has 0 bridgehead atoms. The molecular weight excluding hydrogens is 335 g/mol. The van der Waals surface area contributed by atoms with Crippen molar-refractivity contribution in [1.29, 1.82) is 0 Å². The fraction of sp³-hybridized carbons (Fsp3) is 0.133. The first kappa shape index (κ1) is 16.0. The largest absolute Gasteiger partial charge is 0.506 e. The highest BCUT2D eigenvalue weighted by molar-refractivity contribution is 6.34. The molecule has 0 saturated heterocycles. The van der Waals surface area contributed by atoms with Crippen molar-refractivity contribution in [1.82, 2.24) is 0 Å². The Balaban J connectivity index is 2.37. The van der Waals surface area contributed by atoms with E-state index in [2.05, 4.69) is 0 Å². The Morgan fingerprint density at radius 1 is 1.05 bits per heavy atom. The van der Waals surface area contributed by atoms with E-state index in [9.17, 15) is 15.0 Å². The molecule has 1 unspecified atom stereocenters. The minimum atomic E-state index is -1.01. The van der Waals surface area contributed by atoms with Crippen LogP contribution in [0.25, 0.3) is 0 Å². The molecule has 2 aromatic carbocycles. The summed E-state index contributed by atoms with van der Waals surface area (Å²) in [6.07, 6.45) is 0.190. The lowest BCUT2D eigenvalue weighted by Gasteiger charge is -2.15. The third kappa shape index (κ3) is 3.82. The first-order valence-electron chi connectivity index (χ1n) is 6.03. The van der Waals surface area contributed by atoms with Gasteiger partial charge in [0.2, 0.25) is 0 Å². The number of phenolic OH excluding ortho intramolecular Hbond substituents is 1. The van der Waals surface area contributed by atoms with Crippen LogP contribution in [0.15, 0.2) is 36.4 Å². The van der Waals surface area contributed by atoms with Gasteiger partial charge in [0.15, 0.2) is 0 Å². The number of benzene rings is 2. The summed E-state index contributed by atoms with van der Waals surface area (Å²) >= 11 is 17.8. The van der Waals surface area contributed by atoms with Crippen LogP contribution in [0.4, 0.5) is 0 Å². The van der Waals surface area contributed by atoms with Crippen LogP contribution in [0, 0.1) is 0 Å². The minimum absolute atomic E-state index is 0.0481. The monoisotopic (exact) mass is 344 g/mol. The van der Waals surface area contributed by atoms with Crippen molar-refractivity contribution in [3.05, 3.63) is 62.6 Å². The smallest absolute Gasteiger partial charge is 0.311 e. The van der Waals surface area contributed by atoms with E-state index in [-0.39, 0.29) is 17.2 Å². The van der Waals surface area contributed by atoms with Crippen LogP contribution in [0.1, 0.15) is 17.0 Å². The molecule has 6 heteroatoms. The molecule has 110 valence electrons. The lowest BCUT2D eigenvalue weighted by molar-refractivity contribution is -0.138. The highest BCUT2D eigenvalue weighted by atomic mass is 35.5. The Morgan fingerprint density at radius 2 is 1.76 bits per heavy atom. The van der Waals surface area contributed by atoms with E-state index in [1.54, 1.807) is 24.3 Å². The van der Waals surface area contributed by atoms with E-state index in [4.69, 9.17) is 34.8 Å². The second kappa shape index (κ2) is 6.56. The van der Waals surface area contributed by atoms with E-state index in [1.165, 1.54) is 12.1 Å². The van der Waals surface area contributed by atoms with Crippen molar-refractivity contribution in [3.63, 3.8) is 0 Å². The summed E-state index contributed by atoms with van der Waals surface area (Å²) in [5.74, 6) is -1.91. The summed E-state index contributed by atoms with van der Waals surface area (Å²) in [6, 6.07) is 9.30. The zero-order valence-electron chi connectivity index (χ0n) is 10.7. The molecule has 0 fully saturated rings. The maximum Gasteiger partial charge on any atom is 0.311 e. The summed E-state index contributed by atoms with van der Waals surface area (Å²) in [7, 11) is 0. The first-order valence-corrected chi connectivity index (χ1v) is 7.17. The number of hydrogen-bond donors (Lipinski definition) is 2. The van der Waals surface area contributed by atoms with Gasteiger partial charge in [-0.25, -0.2) is 0 Å². The van der Waals surface area contributed by atoms with Gasteiger partial charge < -0.3 is 10.2 Å². The average molecular weight is 346 g/mol. The van der Waals surface area contributed by atoms with Gasteiger partial charge in [-0.3, -0.25) is 4.79 Å². The van der Waals surface area contributed by atoms with Gasteiger partial charge in [-0.15, -0.1) is 0 Å². The Labute approximate surface area is 136 Å². The number of aromatic hydroxyl groups is 1. The van der Waals surface area contributed by atoms with Crippen LogP contribution in [0.2, 0.25) is 15.1 Å². The van der Waals surface area contributed by atoms with Crippen molar-refractivity contribution in [2.24, 2.45) is 0 Å². The molecule has 3 nitrogen and oxygen atoms in total. The molecular formula is C15H11Cl3O3. The summed E-state index contributed by atoms with van der Waals surface area (Å²) in [6.45, 7) is 0. The first-order chi connectivity index (χ1) is 9.88. The Hall–Kier alpha value is -1.42. The molecule has 2 N–H and O–H groups in total. The molecule has 1 atom stereocenters. The number of carboxylic acids is 1. The topological polar surface area (TPSA) is 57.5 Å². The summed E-state index contributed by atoms with van der Waals surface area (Å²) in [5.41, 5.74) is 1.13. The van der Waals surface area contributed by atoms with E-state index in [0.717, 1.165) is 0 Å². The van der Waals surface area contributed by atoms with Crippen molar-refractivity contribution in [2.75, 3.05) is 0 Å². The molecule has 0 radical (unpaired) electrons. The number of rotatable bonds is 4. The van der Waals surface area contributed by atoms with Crippen molar-refractivity contribution < 1.29 is 15.0 Å². The lowest BCUT2D eigenvalue weighted by atomic mass is 9.92. The highest BCUT2D eigenvalue weighted by Crippen LogP contribution is 2.32. The van der Waals surface area contributed by atoms with Gasteiger partial charge in [-0.2, -0.15) is 0 Å². The molecule has 0 amide bonds. The van der Waals surface area contributed by atoms with E-state index < -0.39 is 11.9 Å². The molecule has 0 aliphatic rings. The predicted octanol–water partition coefficient (Wildman–Crippen LogP) is 4.76. The van der Waals surface area contributed by atoms with Gasteiger partial charge >= 0.3 is 5.97 Å². The summed E-state index contributed by atoms with van der Waals surface area (Å²) < 4.78 is 0. The van der Waals surface area contributed by atoms with E-state index >= 15 is 0 Å². The third-order valence-electron chi connectivity index (χ3n) is 3.08. The Kier molecular flexibility index (Phi) is 4.99. The van der Waals surface area contributed by atoms with Crippen LogP contribution in [0.5, 0.6) is 5.75 Å². The van der Waals surface area contributed by atoms with Gasteiger partial charge in [-0.05, 0) is 47.9 Å². The molecule has 0 heterocycles. The Morgan fingerprint density at radius 3 is 2.38 bits per heavy atom. The molecule has 21 heavy (non-hydrogen) atoms. The molecule has 0 aliphatic heterocycles. The van der Waals surface area contributed by atoms with Crippen molar-refractivity contribution in [2.45, 2.75) is 12.3 Å². The molecule has 0 aromatic heterocycles. The number of phenols is 1. The third-order valence-corrected chi connectivity index (χ3v) is 3.97. The molecule has 2 rings (SSSR count). The standard InChI is InChI=1S/C15H11Cl3O3/c16-9-2-3-12(17)10(7-9)11(15(20)21)5-8-1-4-14(19)13(18)6-8/h1-4,6-7,11,19H,5H2,(H,20,21). The maximum absolute atomic E-state index is 11.5. The van der Waals surface area contributed by atoms with Gasteiger partial charge in [0.05, 0.1) is 10.9 Å². The quantitative estimate of drug-likeness (QED) is 0.839. The number of carboxylic acid groups (broad SMARTS) is 1. The van der Waals surface area contributed by atoms with Crippen LogP contribution in [-0.2, 0) is 11.2 Å². The fourth-order valence-corrected chi connectivity index (χ4v) is 2.66. The second-order valence-corrected chi connectivity index (χ2v) is 5.80. The number of halogens is 3. The SMILES string of the molecule is O=C(O)C(Cc1ccc(O)c(Cl)c1)c1cc(Cl)ccc1Cl. The zero-order valence-corrected chi connectivity index (χ0v) is 13.0. The number of hydrogen-bond acceptors (Lipinski definition) is 2. The number of carbonyl (C=O) groups is 1. The minimum Gasteiger partial charge on any atom is -0.506 e. The highest BCUT2D eigenvalue weighted by Gasteiger charge is 2.23. The number of aliphatic carboxylic acids is 1. The molecule has 0 aliphatic carbocycles. The molecule has 0 spiro atoms. The van der Waals surface area contributed by atoms with Crippen LogP contribution in [-0.4, -0.2) is 16.2 Å². The fourth-order valence-electron chi connectivity index (χ4n) is 2.03. The van der Waals surface area contributed by atoms with Gasteiger partial charge in [0.25, 0.3) is 0 Å². The van der Waals surface area contributed by atoms with Crippen LogP contribution in [0.3, 0.4) is 0 Å². The van der Waals surface area contributed by atoms with E-state index in [0.29, 0.717) is 21.2 Å². The van der Waals surface area contributed by atoms with Gasteiger partial charge in [-0.1, -0.05) is 40.9 Å². The van der Waals surface area contributed by atoms with Crippen LogP contribution >= 0.6 is 34.8 Å². The van der Waals surface area contributed by atoms with E-state index in [1.807, 2.05) is 0 Å². The Bertz CT molecular complexity index is 686. The lowest BCUT2D eigenvalue weighted by Crippen LogP contribution is -2.15. The molecule has 2 aromatic rings. The maximum atomic E-state index is 11.5.